The highest BCUT2D eigenvalue weighted by atomic mass is 16.6. The van der Waals surface area contributed by atoms with Crippen molar-refractivity contribution >= 4 is 5.97 Å². The predicted molar refractivity (Wildman–Crippen MR) is 66.9 cm³/mol. The molecule has 0 aliphatic heterocycles. The molecule has 0 saturated heterocycles. The zero-order chi connectivity index (χ0) is 13.0. The molecule has 92 valence electrons. The van der Waals surface area contributed by atoms with Gasteiger partial charge in [-0.05, 0) is 39.3 Å². The topological polar surface area (TPSA) is 35.5 Å². The van der Waals surface area contributed by atoms with Crippen LogP contribution in [0.5, 0.6) is 5.75 Å². The van der Waals surface area contributed by atoms with E-state index in [-0.39, 0.29) is 0 Å². The number of hydrogen-bond donors (Lipinski definition) is 0. The van der Waals surface area contributed by atoms with Crippen LogP contribution in [0, 0.1) is 13.8 Å². The van der Waals surface area contributed by atoms with Gasteiger partial charge in [0.25, 0.3) is 0 Å². The van der Waals surface area contributed by atoms with Crippen LogP contribution < -0.4 is 4.74 Å². The van der Waals surface area contributed by atoms with Crippen LogP contribution in [0.2, 0.25) is 0 Å². The van der Waals surface area contributed by atoms with Crippen LogP contribution in [0.3, 0.4) is 0 Å². The predicted octanol–water partition coefficient (Wildman–Crippen LogP) is 3.15. The third-order valence-corrected chi connectivity index (χ3v) is 2.25. The maximum atomic E-state index is 11.7. The first-order valence-corrected chi connectivity index (χ1v) is 5.51. The fourth-order valence-electron chi connectivity index (χ4n) is 1.46. The van der Waals surface area contributed by atoms with Gasteiger partial charge in [0, 0.05) is 0 Å². The van der Waals surface area contributed by atoms with E-state index in [1.807, 2.05) is 26.0 Å². The van der Waals surface area contributed by atoms with Gasteiger partial charge in [0.1, 0.15) is 5.75 Å². The van der Waals surface area contributed by atoms with Crippen molar-refractivity contribution in [3.05, 3.63) is 41.7 Å². The van der Waals surface area contributed by atoms with Crippen LogP contribution in [0.15, 0.2) is 30.5 Å². The molecule has 1 unspecified atom stereocenters. The quantitative estimate of drug-likeness (QED) is 0.456. The number of rotatable bonds is 4. The van der Waals surface area contributed by atoms with Crippen molar-refractivity contribution in [1.29, 1.82) is 0 Å². The van der Waals surface area contributed by atoms with E-state index in [9.17, 15) is 4.79 Å². The van der Waals surface area contributed by atoms with Crippen LogP contribution in [-0.2, 0) is 9.53 Å². The highest BCUT2D eigenvalue weighted by molar-refractivity contribution is 5.77. The Labute approximate surface area is 102 Å². The molecule has 0 aromatic heterocycles. The molecular weight excluding hydrogens is 216 g/mol. The first kappa shape index (κ1) is 13.3. The SMILES string of the molecule is C=C(C)OC(C)C(=O)Oc1ccc(C)cc1C. The van der Waals surface area contributed by atoms with E-state index < -0.39 is 12.1 Å². The summed E-state index contributed by atoms with van der Waals surface area (Å²) in [6, 6.07) is 5.66. The average molecular weight is 234 g/mol. The summed E-state index contributed by atoms with van der Waals surface area (Å²) in [4.78, 5) is 11.7. The van der Waals surface area contributed by atoms with Crippen molar-refractivity contribution in [2.45, 2.75) is 33.8 Å². The maximum absolute atomic E-state index is 11.7. The third-order valence-electron chi connectivity index (χ3n) is 2.25. The van der Waals surface area contributed by atoms with E-state index in [0.717, 1.165) is 11.1 Å². The van der Waals surface area contributed by atoms with E-state index in [4.69, 9.17) is 9.47 Å². The molecule has 0 fully saturated rings. The Kier molecular flexibility index (Phi) is 4.32. The summed E-state index contributed by atoms with van der Waals surface area (Å²) in [5.74, 6) is 0.646. The molecule has 0 saturated carbocycles. The monoisotopic (exact) mass is 234 g/mol. The number of aryl methyl sites for hydroxylation is 2. The molecule has 0 aliphatic rings. The van der Waals surface area contributed by atoms with E-state index >= 15 is 0 Å². The first-order chi connectivity index (χ1) is 7.90. The number of ether oxygens (including phenoxy) is 2. The lowest BCUT2D eigenvalue weighted by molar-refractivity contribution is -0.143. The molecule has 3 nitrogen and oxygen atoms in total. The molecule has 0 amide bonds. The molecule has 0 aliphatic carbocycles. The maximum Gasteiger partial charge on any atom is 0.352 e. The van der Waals surface area contributed by atoms with E-state index in [2.05, 4.69) is 6.58 Å². The van der Waals surface area contributed by atoms with Crippen LogP contribution in [0.1, 0.15) is 25.0 Å². The smallest absolute Gasteiger partial charge is 0.352 e. The highest BCUT2D eigenvalue weighted by Crippen LogP contribution is 2.19. The van der Waals surface area contributed by atoms with Crippen LogP contribution in [0.4, 0.5) is 0 Å². The van der Waals surface area contributed by atoms with Gasteiger partial charge in [-0.3, -0.25) is 0 Å². The van der Waals surface area contributed by atoms with Crippen molar-refractivity contribution in [3.63, 3.8) is 0 Å². The van der Waals surface area contributed by atoms with Gasteiger partial charge < -0.3 is 9.47 Å². The van der Waals surface area contributed by atoms with Gasteiger partial charge in [0.05, 0.1) is 5.76 Å². The molecule has 0 spiro atoms. The molecule has 1 aromatic carbocycles. The van der Waals surface area contributed by atoms with Gasteiger partial charge in [0.15, 0.2) is 6.10 Å². The second-order valence-corrected chi connectivity index (χ2v) is 4.15. The zero-order valence-corrected chi connectivity index (χ0v) is 10.7. The minimum atomic E-state index is -0.645. The lowest BCUT2D eigenvalue weighted by Crippen LogP contribution is -2.25. The molecule has 17 heavy (non-hydrogen) atoms. The Morgan fingerprint density at radius 2 is 2.00 bits per heavy atom. The average Bonchev–Trinajstić information content (AvgIpc) is 2.21. The summed E-state index contributed by atoms with van der Waals surface area (Å²) in [7, 11) is 0. The number of carbonyl (C=O) groups is 1. The fourth-order valence-corrected chi connectivity index (χ4v) is 1.46. The van der Waals surface area contributed by atoms with Crippen LogP contribution >= 0.6 is 0 Å². The van der Waals surface area contributed by atoms with Crippen molar-refractivity contribution in [1.82, 2.24) is 0 Å². The Morgan fingerprint density at radius 1 is 1.35 bits per heavy atom. The van der Waals surface area contributed by atoms with Crippen molar-refractivity contribution in [3.8, 4) is 5.75 Å². The Balaban J connectivity index is 2.71. The van der Waals surface area contributed by atoms with Gasteiger partial charge in [-0.2, -0.15) is 0 Å². The third kappa shape index (κ3) is 3.94. The molecule has 1 rings (SSSR count). The van der Waals surface area contributed by atoms with E-state index in [1.165, 1.54) is 0 Å². The first-order valence-electron chi connectivity index (χ1n) is 5.51. The summed E-state index contributed by atoms with van der Waals surface area (Å²) < 4.78 is 10.4. The van der Waals surface area contributed by atoms with E-state index in [0.29, 0.717) is 11.5 Å². The van der Waals surface area contributed by atoms with E-state index in [1.54, 1.807) is 19.9 Å². The molecule has 0 bridgehead atoms. The van der Waals surface area contributed by atoms with Gasteiger partial charge in [-0.1, -0.05) is 24.3 Å². The second kappa shape index (κ2) is 5.53. The number of carbonyl (C=O) groups excluding carboxylic acids is 1. The standard InChI is InChI=1S/C14H18O3/c1-9(2)16-12(5)14(15)17-13-7-6-10(3)8-11(13)4/h6-8,12H,1H2,2-5H3. The van der Waals surface area contributed by atoms with Gasteiger partial charge in [-0.25, -0.2) is 4.79 Å². The zero-order valence-electron chi connectivity index (χ0n) is 10.7. The van der Waals surface area contributed by atoms with Gasteiger partial charge in [0.2, 0.25) is 0 Å². The van der Waals surface area contributed by atoms with Crippen molar-refractivity contribution < 1.29 is 14.3 Å². The second-order valence-electron chi connectivity index (χ2n) is 4.15. The minimum absolute atomic E-state index is 0.417. The number of allylic oxidation sites excluding steroid dienone is 1. The largest absolute Gasteiger partial charge is 0.484 e. The Bertz CT molecular complexity index is 435. The van der Waals surface area contributed by atoms with Crippen LogP contribution in [0.25, 0.3) is 0 Å². The lowest BCUT2D eigenvalue weighted by atomic mass is 10.1. The molecule has 0 heterocycles. The van der Waals surface area contributed by atoms with Gasteiger partial charge >= 0.3 is 5.97 Å². The lowest BCUT2D eigenvalue weighted by Gasteiger charge is -2.14. The summed E-state index contributed by atoms with van der Waals surface area (Å²) in [5, 5.41) is 0. The number of esters is 1. The minimum Gasteiger partial charge on any atom is -0.484 e. The highest BCUT2D eigenvalue weighted by Gasteiger charge is 2.17. The molecule has 0 radical (unpaired) electrons. The summed E-state index contributed by atoms with van der Waals surface area (Å²) >= 11 is 0. The molecule has 1 aromatic rings. The summed E-state index contributed by atoms with van der Waals surface area (Å²) in [5.41, 5.74) is 2.06. The molecule has 1 atom stereocenters. The molecule has 0 N–H and O–H groups in total. The number of benzene rings is 1. The summed E-state index contributed by atoms with van der Waals surface area (Å²) in [6.45, 7) is 10.8. The Hall–Kier alpha value is -1.77. The Morgan fingerprint density at radius 3 is 2.53 bits per heavy atom. The summed E-state index contributed by atoms with van der Waals surface area (Å²) in [6.07, 6.45) is -0.645. The molecular formula is C14H18O3. The van der Waals surface area contributed by atoms with Gasteiger partial charge in [-0.15, -0.1) is 0 Å². The van der Waals surface area contributed by atoms with Crippen molar-refractivity contribution in [2.75, 3.05) is 0 Å². The van der Waals surface area contributed by atoms with Crippen LogP contribution in [-0.4, -0.2) is 12.1 Å². The number of hydrogen-bond acceptors (Lipinski definition) is 3. The normalized spacial score (nSPS) is 11.8. The fraction of sp³-hybridized carbons (Fsp3) is 0.357. The van der Waals surface area contributed by atoms with Crippen molar-refractivity contribution in [2.24, 2.45) is 0 Å². The molecule has 3 heteroatoms.